The first-order valence-electron chi connectivity index (χ1n) is 9.23. The van der Waals surface area contributed by atoms with Gasteiger partial charge in [-0.3, -0.25) is 4.79 Å². The lowest BCUT2D eigenvalue weighted by atomic mass is 10.2. The highest BCUT2D eigenvalue weighted by Crippen LogP contribution is 2.18. The van der Waals surface area contributed by atoms with Crippen LogP contribution in [-0.4, -0.2) is 52.5 Å². The molecular formula is C20H26N4O3S. The molecule has 1 amide bonds. The summed E-state index contributed by atoms with van der Waals surface area (Å²) in [4.78, 5) is 15.9. The van der Waals surface area contributed by atoms with Gasteiger partial charge in [0.15, 0.2) is 0 Å². The molecule has 0 unspecified atom stereocenters. The number of nitrogens with one attached hydrogen (secondary N) is 2. The number of anilines is 2. The molecule has 2 N–H and O–H groups in total. The van der Waals surface area contributed by atoms with Crippen molar-refractivity contribution in [2.24, 2.45) is 0 Å². The van der Waals surface area contributed by atoms with Crippen LogP contribution in [0.5, 0.6) is 0 Å². The molecule has 0 saturated carbocycles. The van der Waals surface area contributed by atoms with Crippen LogP contribution >= 0.6 is 0 Å². The largest absolute Gasteiger partial charge is 0.369 e. The lowest BCUT2D eigenvalue weighted by Gasteiger charge is -2.34. The molecule has 0 radical (unpaired) electrons. The van der Waals surface area contributed by atoms with Crippen molar-refractivity contribution in [1.82, 2.24) is 9.62 Å². The van der Waals surface area contributed by atoms with Gasteiger partial charge < -0.3 is 15.1 Å². The van der Waals surface area contributed by atoms with Crippen LogP contribution in [0, 0.1) is 0 Å². The fraction of sp³-hybridized carbons (Fsp3) is 0.350. The predicted molar refractivity (Wildman–Crippen MR) is 111 cm³/mol. The second kappa shape index (κ2) is 8.72. The SMILES string of the molecule is CC(=O)Nc1ccc(S(=O)(=O)NCc2ccc(N3CCN(C)CC3)cc2)cc1. The quantitative estimate of drug-likeness (QED) is 0.771. The van der Waals surface area contributed by atoms with Gasteiger partial charge in [0.2, 0.25) is 15.9 Å². The highest BCUT2D eigenvalue weighted by atomic mass is 32.2. The summed E-state index contributed by atoms with van der Waals surface area (Å²) < 4.78 is 27.6. The van der Waals surface area contributed by atoms with Gasteiger partial charge in [0, 0.05) is 51.0 Å². The van der Waals surface area contributed by atoms with E-state index in [1.807, 2.05) is 24.3 Å². The van der Waals surface area contributed by atoms with E-state index >= 15 is 0 Å². The van der Waals surface area contributed by atoms with E-state index in [0.717, 1.165) is 37.4 Å². The molecule has 7 nitrogen and oxygen atoms in total. The molecule has 1 fully saturated rings. The number of hydrogen-bond donors (Lipinski definition) is 2. The van der Waals surface area contributed by atoms with Gasteiger partial charge in [-0.1, -0.05) is 12.1 Å². The molecule has 3 rings (SSSR count). The first-order valence-corrected chi connectivity index (χ1v) is 10.7. The topological polar surface area (TPSA) is 81.7 Å². The van der Waals surface area contributed by atoms with Gasteiger partial charge in [-0.25, -0.2) is 13.1 Å². The number of likely N-dealkylation sites (N-methyl/N-ethyl adjacent to an activating group) is 1. The smallest absolute Gasteiger partial charge is 0.240 e. The molecule has 2 aromatic rings. The molecule has 1 aliphatic heterocycles. The molecule has 0 spiro atoms. The monoisotopic (exact) mass is 402 g/mol. The maximum atomic E-state index is 12.5. The summed E-state index contributed by atoms with van der Waals surface area (Å²) in [6.45, 7) is 5.71. The molecule has 28 heavy (non-hydrogen) atoms. The molecule has 0 aromatic heterocycles. The summed E-state index contributed by atoms with van der Waals surface area (Å²) in [7, 11) is -1.49. The Morgan fingerprint density at radius 1 is 0.964 bits per heavy atom. The lowest BCUT2D eigenvalue weighted by Crippen LogP contribution is -2.44. The van der Waals surface area contributed by atoms with Gasteiger partial charge in [-0.15, -0.1) is 0 Å². The van der Waals surface area contributed by atoms with Crippen molar-refractivity contribution in [3.63, 3.8) is 0 Å². The Bertz CT molecular complexity index is 903. The second-order valence-corrected chi connectivity index (χ2v) is 8.75. The zero-order valence-electron chi connectivity index (χ0n) is 16.2. The Hall–Kier alpha value is -2.42. The Morgan fingerprint density at radius 3 is 2.14 bits per heavy atom. The maximum Gasteiger partial charge on any atom is 0.240 e. The highest BCUT2D eigenvalue weighted by Gasteiger charge is 2.15. The van der Waals surface area contributed by atoms with Crippen molar-refractivity contribution < 1.29 is 13.2 Å². The van der Waals surface area contributed by atoms with E-state index in [9.17, 15) is 13.2 Å². The summed E-state index contributed by atoms with van der Waals surface area (Å²) in [5.74, 6) is -0.200. The highest BCUT2D eigenvalue weighted by molar-refractivity contribution is 7.89. The molecule has 1 aliphatic rings. The average molecular weight is 403 g/mol. The average Bonchev–Trinajstić information content (AvgIpc) is 2.67. The minimum atomic E-state index is -3.62. The molecule has 0 aliphatic carbocycles. The number of nitrogens with zero attached hydrogens (tertiary/aromatic N) is 2. The summed E-state index contributed by atoms with van der Waals surface area (Å²) in [6, 6.07) is 14.1. The van der Waals surface area contributed by atoms with Crippen LogP contribution in [0.2, 0.25) is 0 Å². The predicted octanol–water partition coefficient (Wildman–Crippen LogP) is 1.88. The van der Waals surface area contributed by atoms with E-state index in [0.29, 0.717) is 5.69 Å². The minimum Gasteiger partial charge on any atom is -0.369 e. The summed E-state index contributed by atoms with van der Waals surface area (Å²) >= 11 is 0. The van der Waals surface area contributed by atoms with E-state index < -0.39 is 10.0 Å². The number of rotatable bonds is 6. The van der Waals surface area contributed by atoms with Gasteiger partial charge in [0.1, 0.15) is 0 Å². The molecule has 0 atom stereocenters. The zero-order valence-corrected chi connectivity index (χ0v) is 17.0. The van der Waals surface area contributed by atoms with Gasteiger partial charge in [0.25, 0.3) is 0 Å². The first kappa shape index (κ1) is 20.3. The first-order chi connectivity index (χ1) is 13.3. The van der Waals surface area contributed by atoms with Crippen molar-refractivity contribution in [2.45, 2.75) is 18.4 Å². The second-order valence-electron chi connectivity index (χ2n) is 6.99. The third-order valence-electron chi connectivity index (χ3n) is 4.76. The molecule has 1 heterocycles. The molecule has 0 bridgehead atoms. The van der Waals surface area contributed by atoms with Crippen molar-refractivity contribution in [3.8, 4) is 0 Å². The number of hydrogen-bond acceptors (Lipinski definition) is 5. The number of piperazine rings is 1. The Labute approximate surface area is 166 Å². The Balaban J connectivity index is 1.59. The van der Waals surface area contributed by atoms with E-state index in [1.165, 1.54) is 19.1 Å². The Kier molecular flexibility index (Phi) is 6.33. The molecule has 2 aromatic carbocycles. The van der Waals surface area contributed by atoms with E-state index in [4.69, 9.17) is 0 Å². The zero-order chi connectivity index (χ0) is 20.1. The number of amides is 1. The van der Waals surface area contributed by atoms with Crippen LogP contribution in [0.15, 0.2) is 53.4 Å². The van der Waals surface area contributed by atoms with E-state index in [2.05, 4.69) is 26.9 Å². The number of sulfonamides is 1. The maximum absolute atomic E-state index is 12.5. The minimum absolute atomic E-state index is 0.163. The summed E-state index contributed by atoms with van der Waals surface area (Å²) in [5, 5.41) is 2.62. The van der Waals surface area contributed by atoms with Gasteiger partial charge in [-0.2, -0.15) is 0 Å². The van der Waals surface area contributed by atoms with E-state index in [-0.39, 0.29) is 17.3 Å². The lowest BCUT2D eigenvalue weighted by molar-refractivity contribution is -0.114. The summed E-state index contributed by atoms with van der Waals surface area (Å²) in [6.07, 6.45) is 0. The van der Waals surface area contributed by atoms with Crippen molar-refractivity contribution >= 4 is 27.3 Å². The molecule has 1 saturated heterocycles. The van der Waals surface area contributed by atoms with Crippen molar-refractivity contribution in [2.75, 3.05) is 43.4 Å². The third kappa shape index (κ3) is 5.31. The number of carbonyl (C=O) groups is 1. The Morgan fingerprint density at radius 2 is 1.57 bits per heavy atom. The normalized spacial score (nSPS) is 15.4. The number of carbonyl (C=O) groups excluding carboxylic acids is 1. The van der Waals surface area contributed by atoms with Gasteiger partial charge in [-0.05, 0) is 49.0 Å². The van der Waals surface area contributed by atoms with Gasteiger partial charge >= 0.3 is 0 Å². The van der Waals surface area contributed by atoms with Crippen LogP contribution in [0.4, 0.5) is 11.4 Å². The molecular weight excluding hydrogens is 376 g/mol. The molecule has 150 valence electrons. The summed E-state index contributed by atoms with van der Waals surface area (Å²) in [5.41, 5.74) is 2.62. The number of benzene rings is 2. The van der Waals surface area contributed by atoms with Crippen LogP contribution in [0.1, 0.15) is 12.5 Å². The van der Waals surface area contributed by atoms with Crippen molar-refractivity contribution in [3.05, 3.63) is 54.1 Å². The fourth-order valence-electron chi connectivity index (χ4n) is 3.07. The van der Waals surface area contributed by atoms with Crippen LogP contribution < -0.4 is 14.9 Å². The molecule has 8 heteroatoms. The van der Waals surface area contributed by atoms with Crippen LogP contribution in [-0.2, 0) is 21.4 Å². The third-order valence-corrected chi connectivity index (χ3v) is 6.17. The standard InChI is InChI=1S/C20H26N4O3S/c1-16(25)22-18-5-9-20(10-6-18)28(26,27)21-15-17-3-7-19(8-4-17)24-13-11-23(2)12-14-24/h3-10,21H,11-15H2,1-2H3,(H,22,25). The van der Waals surface area contributed by atoms with Crippen LogP contribution in [0.25, 0.3) is 0 Å². The van der Waals surface area contributed by atoms with E-state index in [1.54, 1.807) is 12.1 Å². The van der Waals surface area contributed by atoms with Crippen LogP contribution in [0.3, 0.4) is 0 Å². The van der Waals surface area contributed by atoms with Crippen molar-refractivity contribution in [1.29, 1.82) is 0 Å². The fourth-order valence-corrected chi connectivity index (χ4v) is 4.09. The van der Waals surface area contributed by atoms with Gasteiger partial charge in [0.05, 0.1) is 4.90 Å².